The average molecular weight is 336 g/mol. The molecule has 0 saturated carbocycles. The third-order valence-electron chi connectivity index (χ3n) is 3.55. The molecule has 2 aromatic carbocycles. The molecule has 5 heteroatoms. The average Bonchev–Trinajstić information content (AvgIpc) is 2.64. The molecule has 3 aromatic rings. The first-order valence-corrected chi connectivity index (χ1v) is 7.64. The summed E-state index contributed by atoms with van der Waals surface area (Å²) in [5.41, 5.74) is 1.17. The van der Waals surface area contributed by atoms with Crippen LogP contribution >= 0.6 is 0 Å². The molecule has 0 spiro atoms. The maximum atomic E-state index is 12.6. The monoisotopic (exact) mass is 336 g/mol. The van der Waals surface area contributed by atoms with Gasteiger partial charge in [-0.3, -0.25) is 4.79 Å². The number of methoxy groups -OCH3 is 1. The van der Waals surface area contributed by atoms with Crippen molar-refractivity contribution in [2.45, 2.75) is 0 Å². The molecule has 1 aromatic heterocycles. The number of hydrogen-bond acceptors (Lipinski definition) is 5. The van der Waals surface area contributed by atoms with Gasteiger partial charge in [-0.15, -0.1) is 0 Å². The van der Waals surface area contributed by atoms with E-state index in [9.17, 15) is 9.59 Å². The normalized spacial score (nSPS) is 11.1. The number of ether oxygens (including phenoxy) is 2. The summed E-state index contributed by atoms with van der Waals surface area (Å²) in [6.07, 6.45) is 3.22. The number of allylic oxidation sites excluding steroid dienone is 1. The molecular formula is C20H16O5. The minimum absolute atomic E-state index is 0.0226. The molecule has 1 heterocycles. The molecule has 0 unspecified atom stereocenters. The van der Waals surface area contributed by atoms with Gasteiger partial charge in [-0.2, -0.15) is 0 Å². The molecular weight excluding hydrogens is 320 g/mol. The largest absolute Gasteiger partial charge is 0.467 e. The fraction of sp³-hybridized carbons (Fsp3) is 0.100. The summed E-state index contributed by atoms with van der Waals surface area (Å²) >= 11 is 0. The molecule has 0 saturated heterocycles. The SMILES string of the molecule is COCOc1cc2oc(=O)ccc2cc1C(=O)/C=C/c1ccccc1. The Hall–Kier alpha value is -3.18. The van der Waals surface area contributed by atoms with E-state index in [-0.39, 0.29) is 12.6 Å². The predicted octanol–water partition coefficient (Wildman–Crippen LogP) is 3.67. The Balaban J connectivity index is 2.00. The van der Waals surface area contributed by atoms with Crippen molar-refractivity contribution in [3.05, 3.63) is 82.2 Å². The molecule has 0 fully saturated rings. The molecule has 0 amide bonds. The van der Waals surface area contributed by atoms with Gasteiger partial charge in [0, 0.05) is 24.6 Å². The van der Waals surface area contributed by atoms with Gasteiger partial charge in [-0.1, -0.05) is 36.4 Å². The molecule has 5 nitrogen and oxygen atoms in total. The predicted molar refractivity (Wildman–Crippen MR) is 94.8 cm³/mol. The van der Waals surface area contributed by atoms with Gasteiger partial charge in [0.1, 0.15) is 11.3 Å². The second kappa shape index (κ2) is 7.59. The van der Waals surface area contributed by atoms with Gasteiger partial charge in [-0.25, -0.2) is 4.79 Å². The van der Waals surface area contributed by atoms with Gasteiger partial charge in [0.25, 0.3) is 0 Å². The Kier molecular flexibility index (Phi) is 5.06. The number of benzene rings is 2. The van der Waals surface area contributed by atoms with Gasteiger partial charge in [-0.05, 0) is 23.8 Å². The Morgan fingerprint density at radius 1 is 1.12 bits per heavy atom. The van der Waals surface area contributed by atoms with Crippen LogP contribution in [0.1, 0.15) is 15.9 Å². The Labute approximate surface area is 144 Å². The van der Waals surface area contributed by atoms with Crippen molar-refractivity contribution < 1.29 is 18.7 Å². The minimum Gasteiger partial charge on any atom is -0.467 e. The van der Waals surface area contributed by atoms with Gasteiger partial charge in [0.15, 0.2) is 12.6 Å². The summed E-state index contributed by atoms with van der Waals surface area (Å²) in [6.45, 7) is -0.0226. The molecule has 0 bridgehead atoms. The zero-order chi connectivity index (χ0) is 17.6. The molecule has 3 rings (SSSR count). The summed E-state index contributed by atoms with van der Waals surface area (Å²) in [7, 11) is 1.48. The van der Waals surface area contributed by atoms with Crippen molar-refractivity contribution in [2.24, 2.45) is 0 Å². The number of hydrogen-bond donors (Lipinski definition) is 0. The number of carbonyl (C=O) groups excluding carboxylic acids is 1. The van der Waals surface area contributed by atoms with Crippen LogP contribution in [-0.2, 0) is 4.74 Å². The quantitative estimate of drug-likeness (QED) is 0.297. The highest BCUT2D eigenvalue weighted by Crippen LogP contribution is 2.26. The van der Waals surface area contributed by atoms with Crippen LogP contribution in [0.3, 0.4) is 0 Å². The highest BCUT2D eigenvalue weighted by Gasteiger charge is 2.13. The van der Waals surface area contributed by atoms with E-state index < -0.39 is 5.63 Å². The lowest BCUT2D eigenvalue weighted by molar-refractivity contribution is 0.0504. The van der Waals surface area contributed by atoms with E-state index in [1.165, 1.54) is 25.3 Å². The van der Waals surface area contributed by atoms with Crippen LogP contribution < -0.4 is 10.4 Å². The van der Waals surface area contributed by atoms with E-state index in [1.807, 2.05) is 30.3 Å². The van der Waals surface area contributed by atoms with Crippen LogP contribution in [0.25, 0.3) is 17.0 Å². The summed E-state index contributed by atoms with van der Waals surface area (Å²) in [6, 6.07) is 15.6. The molecule has 0 radical (unpaired) electrons. The zero-order valence-corrected chi connectivity index (χ0v) is 13.6. The van der Waals surface area contributed by atoms with Crippen molar-refractivity contribution in [1.82, 2.24) is 0 Å². The van der Waals surface area contributed by atoms with Crippen molar-refractivity contribution in [2.75, 3.05) is 13.9 Å². The third kappa shape index (κ3) is 4.02. The van der Waals surface area contributed by atoms with Crippen molar-refractivity contribution >= 4 is 22.8 Å². The Morgan fingerprint density at radius 2 is 1.92 bits per heavy atom. The van der Waals surface area contributed by atoms with E-state index in [0.29, 0.717) is 22.3 Å². The Bertz CT molecular complexity index is 970. The Morgan fingerprint density at radius 3 is 2.68 bits per heavy atom. The van der Waals surface area contributed by atoms with E-state index in [4.69, 9.17) is 13.9 Å². The molecule has 0 atom stereocenters. The minimum atomic E-state index is -0.465. The lowest BCUT2D eigenvalue weighted by atomic mass is 10.1. The van der Waals surface area contributed by atoms with E-state index >= 15 is 0 Å². The molecule has 0 aliphatic carbocycles. The fourth-order valence-electron chi connectivity index (χ4n) is 2.36. The maximum Gasteiger partial charge on any atom is 0.336 e. The van der Waals surface area contributed by atoms with E-state index in [0.717, 1.165) is 5.56 Å². The summed E-state index contributed by atoms with van der Waals surface area (Å²) in [4.78, 5) is 24.0. The third-order valence-corrected chi connectivity index (χ3v) is 3.55. The first-order valence-electron chi connectivity index (χ1n) is 7.64. The highest BCUT2D eigenvalue weighted by molar-refractivity contribution is 6.10. The highest BCUT2D eigenvalue weighted by atomic mass is 16.7. The summed E-state index contributed by atoms with van der Waals surface area (Å²) in [5.74, 6) is 0.0782. The second-order valence-corrected chi connectivity index (χ2v) is 5.30. The zero-order valence-electron chi connectivity index (χ0n) is 13.6. The lowest BCUT2D eigenvalue weighted by Gasteiger charge is -2.10. The van der Waals surface area contributed by atoms with E-state index in [1.54, 1.807) is 18.2 Å². The van der Waals surface area contributed by atoms with Gasteiger partial charge >= 0.3 is 5.63 Å². The summed E-state index contributed by atoms with van der Waals surface area (Å²) < 4.78 is 15.5. The van der Waals surface area contributed by atoms with Crippen LogP contribution in [0.15, 0.2) is 69.9 Å². The number of rotatable bonds is 6. The number of fused-ring (bicyclic) bond motifs is 1. The van der Waals surface area contributed by atoms with Gasteiger partial charge < -0.3 is 13.9 Å². The van der Waals surface area contributed by atoms with Gasteiger partial charge in [0.2, 0.25) is 0 Å². The van der Waals surface area contributed by atoms with E-state index in [2.05, 4.69) is 0 Å². The lowest BCUT2D eigenvalue weighted by Crippen LogP contribution is -2.05. The molecule has 0 aliphatic rings. The molecule has 0 aliphatic heterocycles. The van der Waals surface area contributed by atoms with Crippen LogP contribution in [-0.4, -0.2) is 19.7 Å². The molecule has 25 heavy (non-hydrogen) atoms. The van der Waals surface area contributed by atoms with Crippen molar-refractivity contribution in [3.63, 3.8) is 0 Å². The van der Waals surface area contributed by atoms with Crippen LogP contribution in [0.5, 0.6) is 5.75 Å². The van der Waals surface area contributed by atoms with Crippen molar-refractivity contribution in [1.29, 1.82) is 0 Å². The topological polar surface area (TPSA) is 65.7 Å². The first-order chi connectivity index (χ1) is 12.2. The number of ketones is 1. The van der Waals surface area contributed by atoms with Crippen LogP contribution in [0, 0.1) is 0 Å². The number of carbonyl (C=O) groups is 1. The smallest absolute Gasteiger partial charge is 0.336 e. The first kappa shape index (κ1) is 16.7. The summed E-state index contributed by atoms with van der Waals surface area (Å²) in [5, 5.41) is 0.640. The van der Waals surface area contributed by atoms with Gasteiger partial charge in [0.05, 0.1) is 5.56 Å². The van der Waals surface area contributed by atoms with Crippen LogP contribution in [0.2, 0.25) is 0 Å². The van der Waals surface area contributed by atoms with Crippen molar-refractivity contribution in [3.8, 4) is 5.75 Å². The maximum absolute atomic E-state index is 12.6. The van der Waals surface area contributed by atoms with Crippen LogP contribution in [0.4, 0.5) is 0 Å². The second-order valence-electron chi connectivity index (χ2n) is 5.30. The fourth-order valence-corrected chi connectivity index (χ4v) is 2.36. The standard InChI is InChI=1S/C20H16O5/c1-23-13-24-19-12-18-15(8-10-20(22)25-18)11-16(19)17(21)9-7-14-5-3-2-4-6-14/h2-12H,13H2,1H3/b9-7+. The molecule has 0 N–H and O–H groups in total. The molecule has 126 valence electrons.